The minimum Gasteiger partial charge on any atom is -0.468 e. The fraction of sp³-hybridized carbons (Fsp3) is 0.533. The quantitative estimate of drug-likeness (QED) is 0.716. The maximum Gasteiger partial charge on any atom is 0.199 e. The molecule has 3 nitrogen and oxygen atoms in total. The lowest BCUT2D eigenvalue weighted by molar-refractivity contribution is -0.00278. The monoisotopic (exact) mass is 246 g/mol. The van der Waals surface area contributed by atoms with E-state index in [4.69, 9.17) is 4.42 Å². The van der Waals surface area contributed by atoms with E-state index >= 15 is 0 Å². The van der Waals surface area contributed by atoms with Gasteiger partial charge in [0.15, 0.2) is 5.78 Å². The van der Waals surface area contributed by atoms with Crippen molar-refractivity contribution in [2.45, 2.75) is 38.7 Å². The molecule has 1 saturated carbocycles. The van der Waals surface area contributed by atoms with Crippen molar-refractivity contribution >= 4 is 5.78 Å². The van der Waals surface area contributed by atoms with Crippen LogP contribution in [0.2, 0.25) is 0 Å². The van der Waals surface area contributed by atoms with Crippen molar-refractivity contribution in [3.8, 4) is 0 Å². The predicted molar refractivity (Wildman–Crippen MR) is 67.5 cm³/mol. The first-order valence-electron chi connectivity index (χ1n) is 6.48. The Morgan fingerprint density at radius 3 is 2.94 bits per heavy atom. The highest BCUT2D eigenvalue weighted by molar-refractivity contribution is 6.05. The van der Waals surface area contributed by atoms with Crippen LogP contribution in [-0.2, 0) is 6.42 Å². The fourth-order valence-electron chi connectivity index (χ4n) is 3.56. The molecule has 1 aromatic heterocycles. The van der Waals surface area contributed by atoms with Gasteiger partial charge in [0.25, 0.3) is 0 Å². The van der Waals surface area contributed by atoms with Gasteiger partial charge in [-0.15, -0.1) is 0 Å². The van der Waals surface area contributed by atoms with Gasteiger partial charge in [0.2, 0.25) is 0 Å². The van der Waals surface area contributed by atoms with E-state index in [0.717, 1.165) is 24.0 Å². The van der Waals surface area contributed by atoms with Crippen LogP contribution in [0.1, 0.15) is 41.4 Å². The van der Waals surface area contributed by atoms with Crippen molar-refractivity contribution in [2.75, 3.05) is 0 Å². The fourth-order valence-corrected chi connectivity index (χ4v) is 3.56. The SMILES string of the molecule is C=C1Cc2occ(C)c2C(=O)C2(O)C(C)CCC12. The Morgan fingerprint density at radius 2 is 2.22 bits per heavy atom. The maximum atomic E-state index is 12.7. The van der Waals surface area contributed by atoms with E-state index in [-0.39, 0.29) is 17.6 Å². The summed E-state index contributed by atoms with van der Waals surface area (Å²) in [5, 5.41) is 10.9. The molecule has 0 bridgehead atoms. The van der Waals surface area contributed by atoms with E-state index < -0.39 is 5.60 Å². The molecule has 1 fully saturated rings. The van der Waals surface area contributed by atoms with Gasteiger partial charge in [-0.25, -0.2) is 0 Å². The van der Waals surface area contributed by atoms with E-state index in [2.05, 4.69) is 6.58 Å². The molecular weight excluding hydrogens is 228 g/mol. The molecule has 0 aromatic carbocycles. The number of fused-ring (bicyclic) bond motifs is 2. The first-order chi connectivity index (χ1) is 8.46. The zero-order chi connectivity index (χ0) is 13.1. The first-order valence-corrected chi connectivity index (χ1v) is 6.48. The number of rotatable bonds is 0. The van der Waals surface area contributed by atoms with Crippen molar-refractivity contribution in [3.05, 3.63) is 35.3 Å². The number of aryl methyl sites for hydroxylation is 1. The van der Waals surface area contributed by atoms with Gasteiger partial charge in [0.05, 0.1) is 11.8 Å². The van der Waals surface area contributed by atoms with Crippen molar-refractivity contribution in [2.24, 2.45) is 11.8 Å². The van der Waals surface area contributed by atoms with Crippen molar-refractivity contribution in [1.82, 2.24) is 0 Å². The van der Waals surface area contributed by atoms with Gasteiger partial charge in [-0.3, -0.25) is 4.79 Å². The first kappa shape index (κ1) is 11.7. The Labute approximate surface area is 106 Å². The maximum absolute atomic E-state index is 12.7. The summed E-state index contributed by atoms with van der Waals surface area (Å²) in [6.45, 7) is 7.87. The van der Waals surface area contributed by atoms with Crippen LogP contribution in [0.15, 0.2) is 22.8 Å². The predicted octanol–water partition coefficient (Wildman–Crippen LogP) is 2.66. The van der Waals surface area contributed by atoms with Crippen LogP contribution in [0, 0.1) is 18.8 Å². The van der Waals surface area contributed by atoms with E-state index in [0.29, 0.717) is 17.7 Å². The number of aliphatic hydroxyl groups is 1. The second kappa shape index (κ2) is 3.58. The number of hydrogen-bond donors (Lipinski definition) is 1. The standard InChI is InChI=1S/C15H18O3/c1-8-6-12-13(9(2)7-18-12)14(16)15(17)10(3)4-5-11(8)15/h7,10-11,17H,1,4-6H2,2-3H3. The smallest absolute Gasteiger partial charge is 0.199 e. The molecule has 3 rings (SSSR count). The van der Waals surface area contributed by atoms with Crippen molar-refractivity contribution in [1.29, 1.82) is 0 Å². The molecule has 3 unspecified atom stereocenters. The van der Waals surface area contributed by atoms with Gasteiger partial charge in [0.1, 0.15) is 11.4 Å². The summed E-state index contributed by atoms with van der Waals surface area (Å²) in [6.07, 6.45) is 3.87. The molecule has 1 N–H and O–H groups in total. The van der Waals surface area contributed by atoms with Gasteiger partial charge in [-0.2, -0.15) is 0 Å². The van der Waals surface area contributed by atoms with Crippen molar-refractivity contribution < 1.29 is 14.3 Å². The molecule has 18 heavy (non-hydrogen) atoms. The normalized spacial score (nSPS) is 35.3. The molecule has 1 heterocycles. The largest absolute Gasteiger partial charge is 0.468 e. The molecule has 3 atom stereocenters. The van der Waals surface area contributed by atoms with Gasteiger partial charge in [-0.05, 0) is 31.2 Å². The summed E-state index contributed by atoms with van der Waals surface area (Å²) in [4.78, 5) is 12.7. The molecule has 96 valence electrons. The lowest BCUT2D eigenvalue weighted by Crippen LogP contribution is -2.46. The number of furan rings is 1. The molecule has 0 spiro atoms. The Morgan fingerprint density at radius 1 is 1.50 bits per heavy atom. The molecule has 0 amide bonds. The highest BCUT2D eigenvalue weighted by Gasteiger charge is 2.55. The summed E-state index contributed by atoms with van der Waals surface area (Å²) < 4.78 is 5.46. The van der Waals surface area contributed by atoms with E-state index in [9.17, 15) is 9.90 Å². The molecule has 3 heteroatoms. The Hall–Kier alpha value is -1.35. The average Bonchev–Trinajstić information content (AvgIpc) is 2.79. The highest BCUT2D eigenvalue weighted by atomic mass is 16.3. The summed E-state index contributed by atoms with van der Waals surface area (Å²) in [5.74, 6) is 0.351. The third-order valence-electron chi connectivity index (χ3n) is 4.69. The third-order valence-corrected chi connectivity index (χ3v) is 4.69. The summed E-state index contributed by atoms with van der Waals surface area (Å²) in [6, 6.07) is 0. The van der Waals surface area contributed by atoms with Crippen LogP contribution >= 0.6 is 0 Å². The number of carbonyl (C=O) groups is 1. The molecule has 0 saturated heterocycles. The lowest BCUT2D eigenvalue weighted by atomic mass is 9.77. The summed E-state index contributed by atoms with van der Waals surface area (Å²) in [7, 11) is 0. The minimum atomic E-state index is -1.28. The number of ketones is 1. The van der Waals surface area contributed by atoms with E-state index in [1.165, 1.54) is 0 Å². The molecule has 2 aliphatic carbocycles. The van der Waals surface area contributed by atoms with Gasteiger partial charge in [0, 0.05) is 12.3 Å². The second-order valence-corrected chi connectivity index (χ2v) is 5.74. The number of hydrogen-bond acceptors (Lipinski definition) is 3. The highest BCUT2D eigenvalue weighted by Crippen LogP contribution is 2.49. The van der Waals surface area contributed by atoms with Gasteiger partial charge < -0.3 is 9.52 Å². The van der Waals surface area contributed by atoms with Crippen LogP contribution in [0.25, 0.3) is 0 Å². The lowest BCUT2D eigenvalue weighted by Gasteiger charge is -2.31. The molecule has 0 radical (unpaired) electrons. The number of Topliss-reactive ketones (excluding diaryl/α,β-unsaturated/α-hetero) is 1. The van der Waals surface area contributed by atoms with Crippen LogP contribution in [0.4, 0.5) is 0 Å². The van der Waals surface area contributed by atoms with Crippen LogP contribution < -0.4 is 0 Å². The second-order valence-electron chi connectivity index (χ2n) is 5.74. The van der Waals surface area contributed by atoms with Crippen LogP contribution in [0.5, 0.6) is 0 Å². The van der Waals surface area contributed by atoms with Gasteiger partial charge >= 0.3 is 0 Å². The Balaban J connectivity index is 2.22. The average molecular weight is 246 g/mol. The summed E-state index contributed by atoms with van der Waals surface area (Å²) >= 11 is 0. The Kier molecular flexibility index (Phi) is 2.33. The molecule has 2 aliphatic rings. The zero-order valence-corrected chi connectivity index (χ0v) is 10.8. The minimum absolute atomic E-state index is 0.0213. The van der Waals surface area contributed by atoms with Crippen molar-refractivity contribution in [3.63, 3.8) is 0 Å². The van der Waals surface area contributed by atoms with E-state index in [1.54, 1.807) is 6.26 Å². The van der Waals surface area contributed by atoms with Crippen LogP contribution in [-0.4, -0.2) is 16.5 Å². The summed E-state index contributed by atoms with van der Waals surface area (Å²) in [5.41, 5.74) is 1.03. The van der Waals surface area contributed by atoms with Gasteiger partial charge in [-0.1, -0.05) is 19.1 Å². The topological polar surface area (TPSA) is 50.4 Å². The molecular formula is C15H18O3. The van der Waals surface area contributed by atoms with E-state index in [1.807, 2.05) is 13.8 Å². The van der Waals surface area contributed by atoms with Crippen LogP contribution in [0.3, 0.4) is 0 Å². The molecule has 0 aliphatic heterocycles. The number of carbonyl (C=O) groups excluding carboxylic acids is 1. The third kappa shape index (κ3) is 1.25. The zero-order valence-electron chi connectivity index (χ0n) is 10.8. The molecule has 1 aromatic rings. The Bertz CT molecular complexity index is 540.